The quantitative estimate of drug-likeness (QED) is 0.799. The molecule has 0 spiro atoms. The Kier molecular flexibility index (Phi) is 2.57. The maximum Gasteiger partial charge on any atom is 0.202 e. The first-order valence-corrected chi connectivity index (χ1v) is 6.35. The van der Waals surface area contributed by atoms with Gasteiger partial charge in [-0.05, 0) is 12.8 Å². The summed E-state index contributed by atoms with van der Waals surface area (Å²) in [4.78, 5) is 4.44. The summed E-state index contributed by atoms with van der Waals surface area (Å²) in [5.74, 6) is 1.58. The van der Waals surface area contributed by atoms with Gasteiger partial charge < -0.3 is 15.2 Å². The van der Waals surface area contributed by atoms with Crippen LogP contribution in [0.5, 0.6) is 0 Å². The summed E-state index contributed by atoms with van der Waals surface area (Å²) in [5.41, 5.74) is -0.106. The Morgan fingerprint density at radius 2 is 2.31 bits per heavy atom. The van der Waals surface area contributed by atoms with Crippen LogP contribution in [0.1, 0.15) is 24.6 Å². The zero-order valence-corrected chi connectivity index (χ0v) is 9.79. The summed E-state index contributed by atoms with van der Waals surface area (Å²) in [6, 6.07) is 0. The molecule has 1 aliphatic heterocycles. The van der Waals surface area contributed by atoms with Crippen molar-refractivity contribution < 1.29 is 9.84 Å². The molecule has 0 amide bonds. The van der Waals surface area contributed by atoms with Crippen molar-refractivity contribution >= 4 is 16.7 Å². The molecule has 3 rings (SSSR count). The highest BCUT2D eigenvalue weighted by Crippen LogP contribution is 2.39. The van der Waals surface area contributed by atoms with E-state index in [0.717, 1.165) is 11.0 Å². The van der Waals surface area contributed by atoms with Crippen LogP contribution in [-0.2, 0) is 4.74 Å². The molecule has 2 aliphatic rings. The van der Waals surface area contributed by atoms with Crippen LogP contribution in [0.25, 0.3) is 0 Å². The third-order valence-electron chi connectivity index (χ3n) is 3.15. The molecule has 2 heterocycles. The fraction of sp³-hybridized carbons (Fsp3) is 0.800. The fourth-order valence-electron chi connectivity index (χ4n) is 1.72. The van der Waals surface area contributed by atoms with Crippen molar-refractivity contribution in [1.29, 1.82) is 0 Å². The second kappa shape index (κ2) is 3.94. The van der Waals surface area contributed by atoms with Crippen LogP contribution in [0.15, 0.2) is 0 Å². The average Bonchev–Trinajstić information content (AvgIpc) is 2.98. The van der Waals surface area contributed by atoms with E-state index in [9.17, 15) is 5.11 Å². The molecule has 2 N–H and O–H groups in total. The second-order valence-corrected chi connectivity index (χ2v) is 5.49. The van der Waals surface area contributed by atoms with Gasteiger partial charge in [-0.15, -0.1) is 0 Å². The lowest BCUT2D eigenvalue weighted by atomic mass is 9.87. The van der Waals surface area contributed by atoms with Gasteiger partial charge in [0, 0.05) is 24.0 Å². The van der Waals surface area contributed by atoms with Crippen molar-refractivity contribution in [3.63, 3.8) is 0 Å². The normalized spacial score (nSPS) is 22.8. The monoisotopic (exact) mass is 241 g/mol. The van der Waals surface area contributed by atoms with Crippen molar-refractivity contribution in [2.75, 3.05) is 31.7 Å². The molecule has 0 radical (unpaired) electrons. The van der Waals surface area contributed by atoms with Crippen LogP contribution in [0.2, 0.25) is 0 Å². The zero-order chi connectivity index (χ0) is 11.0. The van der Waals surface area contributed by atoms with Crippen molar-refractivity contribution in [2.45, 2.75) is 18.8 Å². The molecule has 88 valence electrons. The number of aliphatic hydroxyl groups is 1. The van der Waals surface area contributed by atoms with Crippen molar-refractivity contribution in [2.24, 2.45) is 5.41 Å². The Morgan fingerprint density at radius 3 is 2.88 bits per heavy atom. The highest BCUT2D eigenvalue weighted by molar-refractivity contribution is 7.09. The van der Waals surface area contributed by atoms with Crippen LogP contribution in [-0.4, -0.2) is 40.8 Å². The Labute approximate surface area is 98.0 Å². The molecule has 2 fully saturated rings. The van der Waals surface area contributed by atoms with Crippen molar-refractivity contribution in [1.82, 2.24) is 9.36 Å². The van der Waals surface area contributed by atoms with Crippen LogP contribution >= 0.6 is 11.5 Å². The molecule has 5 nitrogen and oxygen atoms in total. The van der Waals surface area contributed by atoms with E-state index in [1.165, 1.54) is 24.4 Å². The van der Waals surface area contributed by atoms with E-state index in [1.54, 1.807) is 0 Å². The lowest BCUT2D eigenvalue weighted by Crippen LogP contribution is -2.50. The van der Waals surface area contributed by atoms with E-state index >= 15 is 0 Å². The average molecular weight is 241 g/mol. The maximum absolute atomic E-state index is 9.27. The first-order chi connectivity index (χ1) is 7.81. The SMILES string of the molecule is OCC1(CNc2nc(C3CC3)ns2)COC1. The van der Waals surface area contributed by atoms with E-state index < -0.39 is 0 Å². The summed E-state index contributed by atoms with van der Waals surface area (Å²) in [6.07, 6.45) is 2.45. The molecule has 1 saturated carbocycles. The van der Waals surface area contributed by atoms with Crippen LogP contribution in [0, 0.1) is 5.41 Å². The van der Waals surface area contributed by atoms with E-state index in [2.05, 4.69) is 14.7 Å². The molecule has 1 saturated heterocycles. The van der Waals surface area contributed by atoms with Crippen LogP contribution in [0.4, 0.5) is 5.13 Å². The van der Waals surface area contributed by atoms with Gasteiger partial charge in [0.05, 0.1) is 25.2 Å². The molecule has 16 heavy (non-hydrogen) atoms. The minimum absolute atomic E-state index is 0.106. The van der Waals surface area contributed by atoms with E-state index in [-0.39, 0.29) is 12.0 Å². The number of ether oxygens (including phenoxy) is 1. The van der Waals surface area contributed by atoms with Gasteiger partial charge in [0.1, 0.15) is 5.82 Å². The summed E-state index contributed by atoms with van der Waals surface area (Å²) >= 11 is 1.41. The molecule has 0 unspecified atom stereocenters. The van der Waals surface area contributed by atoms with Gasteiger partial charge >= 0.3 is 0 Å². The number of aromatic nitrogens is 2. The van der Waals surface area contributed by atoms with Gasteiger partial charge in [0.2, 0.25) is 5.13 Å². The van der Waals surface area contributed by atoms with Crippen molar-refractivity contribution in [3.05, 3.63) is 5.82 Å². The molecule has 0 aromatic carbocycles. The zero-order valence-electron chi connectivity index (χ0n) is 8.98. The lowest BCUT2D eigenvalue weighted by molar-refractivity contribution is -0.128. The maximum atomic E-state index is 9.27. The predicted molar refractivity (Wildman–Crippen MR) is 60.7 cm³/mol. The molecular weight excluding hydrogens is 226 g/mol. The molecule has 0 atom stereocenters. The first kappa shape index (κ1) is 10.4. The molecule has 0 bridgehead atoms. The van der Waals surface area contributed by atoms with E-state index in [1.807, 2.05) is 0 Å². The summed E-state index contributed by atoms with van der Waals surface area (Å²) in [5, 5.41) is 13.4. The molecule has 1 aromatic heterocycles. The minimum Gasteiger partial charge on any atom is -0.396 e. The number of rotatable bonds is 5. The lowest BCUT2D eigenvalue weighted by Gasteiger charge is -2.39. The van der Waals surface area contributed by atoms with Crippen LogP contribution in [0.3, 0.4) is 0 Å². The third-order valence-corrected chi connectivity index (χ3v) is 3.84. The van der Waals surface area contributed by atoms with Gasteiger partial charge in [-0.3, -0.25) is 0 Å². The Morgan fingerprint density at radius 1 is 1.50 bits per heavy atom. The predicted octanol–water partition coefficient (Wildman–Crippen LogP) is 0.836. The van der Waals surface area contributed by atoms with E-state index in [0.29, 0.717) is 25.7 Å². The van der Waals surface area contributed by atoms with Gasteiger partial charge in [0.15, 0.2) is 0 Å². The summed E-state index contributed by atoms with van der Waals surface area (Å²) in [7, 11) is 0. The number of hydrogen-bond acceptors (Lipinski definition) is 6. The summed E-state index contributed by atoms with van der Waals surface area (Å²) < 4.78 is 9.46. The third kappa shape index (κ3) is 1.92. The largest absolute Gasteiger partial charge is 0.396 e. The number of nitrogens with zero attached hydrogens (tertiary/aromatic N) is 2. The van der Waals surface area contributed by atoms with Gasteiger partial charge in [-0.2, -0.15) is 4.37 Å². The molecule has 6 heteroatoms. The number of nitrogens with one attached hydrogen (secondary N) is 1. The summed E-state index contributed by atoms with van der Waals surface area (Å²) in [6.45, 7) is 2.13. The smallest absolute Gasteiger partial charge is 0.202 e. The highest BCUT2D eigenvalue weighted by atomic mass is 32.1. The van der Waals surface area contributed by atoms with E-state index in [4.69, 9.17) is 4.74 Å². The van der Waals surface area contributed by atoms with Gasteiger partial charge in [-0.1, -0.05) is 0 Å². The number of hydrogen-bond donors (Lipinski definition) is 2. The van der Waals surface area contributed by atoms with Gasteiger partial charge in [0.25, 0.3) is 0 Å². The second-order valence-electron chi connectivity index (χ2n) is 4.74. The van der Waals surface area contributed by atoms with Gasteiger partial charge in [-0.25, -0.2) is 4.98 Å². The highest BCUT2D eigenvalue weighted by Gasteiger charge is 2.38. The Hall–Kier alpha value is -0.720. The number of aliphatic hydroxyl groups excluding tert-OH is 1. The fourth-order valence-corrected chi connectivity index (χ4v) is 2.36. The molecule has 1 aliphatic carbocycles. The van der Waals surface area contributed by atoms with Crippen LogP contribution < -0.4 is 5.32 Å². The first-order valence-electron chi connectivity index (χ1n) is 5.57. The molecular formula is C10H15N3O2S. The van der Waals surface area contributed by atoms with Crippen molar-refractivity contribution in [3.8, 4) is 0 Å². The molecule has 1 aromatic rings. The Balaban J connectivity index is 1.56. The number of anilines is 1. The Bertz CT molecular complexity index is 368. The topological polar surface area (TPSA) is 67.3 Å². The minimum atomic E-state index is -0.106. The standard InChI is InChI=1S/C10H15N3O2S/c14-4-10(5-15-6-10)3-11-9-12-8(13-16-9)7-1-2-7/h7,14H,1-6H2,(H,11,12,13).